The van der Waals surface area contributed by atoms with Crippen molar-refractivity contribution in [3.63, 3.8) is 0 Å². The first-order valence-electron chi connectivity index (χ1n) is 8.62. The van der Waals surface area contributed by atoms with Gasteiger partial charge in [-0.15, -0.1) is 11.3 Å². The third kappa shape index (κ3) is 4.50. The van der Waals surface area contributed by atoms with Crippen LogP contribution in [0.4, 0.5) is 0 Å². The Bertz CT molecular complexity index is 750. The number of thiophene rings is 1. The van der Waals surface area contributed by atoms with Crippen molar-refractivity contribution in [2.75, 3.05) is 19.8 Å². The van der Waals surface area contributed by atoms with Crippen molar-refractivity contribution >= 4 is 23.2 Å². The molecule has 3 heterocycles. The SMILES string of the molecule is Cc1oc(-c2cccs2)nc1CC(=O)NCC(C(=O)O)C1CCOCC1. The van der Waals surface area contributed by atoms with E-state index in [1.807, 2.05) is 17.5 Å². The fourth-order valence-corrected chi connectivity index (χ4v) is 3.76. The molecule has 2 N–H and O–H groups in total. The van der Waals surface area contributed by atoms with Crippen molar-refractivity contribution in [2.24, 2.45) is 11.8 Å². The van der Waals surface area contributed by atoms with E-state index in [-0.39, 0.29) is 24.8 Å². The summed E-state index contributed by atoms with van der Waals surface area (Å²) in [6.07, 6.45) is 1.49. The van der Waals surface area contributed by atoms with Crippen LogP contribution < -0.4 is 5.32 Å². The minimum atomic E-state index is -0.880. The van der Waals surface area contributed by atoms with Crippen LogP contribution in [0.3, 0.4) is 0 Å². The first-order chi connectivity index (χ1) is 12.5. The molecule has 1 atom stereocenters. The summed E-state index contributed by atoms with van der Waals surface area (Å²) in [5.41, 5.74) is 0.573. The van der Waals surface area contributed by atoms with E-state index in [1.54, 1.807) is 6.92 Å². The monoisotopic (exact) mass is 378 g/mol. The van der Waals surface area contributed by atoms with Crippen LogP contribution in [0.2, 0.25) is 0 Å². The lowest BCUT2D eigenvalue weighted by Gasteiger charge is -2.27. The summed E-state index contributed by atoms with van der Waals surface area (Å²) in [7, 11) is 0. The number of rotatable bonds is 7. The van der Waals surface area contributed by atoms with Crippen molar-refractivity contribution in [2.45, 2.75) is 26.2 Å². The number of hydrogen-bond acceptors (Lipinski definition) is 6. The van der Waals surface area contributed by atoms with Gasteiger partial charge in [-0.05, 0) is 37.1 Å². The van der Waals surface area contributed by atoms with Crippen LogP contribution in [-0.4, -0.2) is 41.7 Å². The summed E-state index contributed by atoms with van der Waals surface area (Å²) in [5, 5.41) is 14.1. The predicted octanol–water partition coefficient (Wildman–Crippen LogP) is 2.50. The zero-order valence-corrected chi connectivity index (χ0v) is 15.4. The second kappa shape index (κ2) is 8.46. The van der Waals surface area contributed by atoms with Gasteiger partial charge in [0.1, 0.15) is 5.76 Å². The molecule has 7 nitrogen and oxygen atoms in total. The van der Waals surface area contributed by atoms with Crippen LogP contribution in [0.1, 0.15) is 24.3 Å². The molecule has 0 aliphatic carbocycles. The average Bonchev–Trinajstić information content (AvgIpc) is 3.26. The summed E-state index contributed by atoms with van der Waals surface area (Å²) in [6, 6.07) is 3.82. The maximum absolute atomic E-state index is 12.3. The number of nitrogens with one attached hydrogen (secondary N) is 1. The van der Waals surface area contributed by atoms with E-state index in [0.717, 1.165) is 4.88 Å². The van der Waals surface area contributed by atoms with E-state index in [9.17, 15) is 14.7 Å². The minimum absolute atomic E-state index is 0.0285. The van der Waals surface area contributed by atoms with E-state index >= 15 is 0 Å². The molecule has 0 bridgehead atoms. The third-order valence-electron chi connectivity index (χ3n) is 4.62. The molecule has 1 fully saturated rings. The number of hydrogen-bond donors (Lipinski definition) is 2. The lowest BCUT2D eigenvalue weighted by Crippen LogP contribution is -2.39. The molecule has 0 aromatic carbocycles. The second-order valence-electron chi connectivity index (χ2n) is 6.37. The maximum Gasteiger partial charge on any atom is 0.308 e. The number of aryl methyl sites for hydroxylation is 1. The minimum Gasteiger partial charge on any atom is -0.481 e. The quantitative estimate of drug-likeness (QED) is 0.768. The molecule has 1 saturated heterocycles. The Hall–Kier alpha value is -2.19. The summed E-state index contributed by atoms with van der Waals surface area (Å²) in [5.74, 6) is -0.593. The van der Waals surface area contributed by atoms with Gasteiger partial charge in [-0.2, -0.15) is 0 Å². The summed E-state index contributed by atoms with van der Waals surface area (Å²) >= 11 is 1.52. The van der Waals surface area contributed by atoms with Gasteiger partial charge in [-0.25, -0.2) is 4.98 Å². The Labute approximate surface area is 155 Å². The zero-order valence-electron chi connectivity index (χ0n) is 14.6. The van der Waals surface area contributed by atoms with E-state index in [4.69, 9.17) is 9.15 Å². The molecule has 1 amide bonds. The highest BCUT2D eigenvalue weighted by Crippen LogP contribution is 2.26. The van der Waals surface area contributed by atoms with Crippen molar-refractivity contribution < 1.29 is 23.8 Å². The molecular weight excluding hydrogens is 356 g/mol. The maximum atomic E-state index is 12.3. The topological polar surface area (TPSA) is 102 Å². The molecule has 1 aliphatic heterocycles. The van der Waals surface area contributed by atoms with Gasteiger partial charge in [-0.1, -0.05) is 6.07 Å². The number of oxazole rings is 1. The molecule has 8 heteroatoms. The van der Waals surface area contributed by atoms with Crippen molar-refractivity contribution in [3.05, 3.63) is 29.0 Å². The van der Waals surface area contributed by atoms with Gasteiger partial charge in [0.25, 0.3) is 0 Å². The van der Waals surface area contributed by atoms with Crippen molar-refractivity contribution in [3.8, 4) is 10.8 Å². The highest BCUT2D eigenvalue weighted by molar-refractivity contribution is 7.13. The van der Waals surface area contributed by atoms with Gasteiger partial charge in [0, 0.05) is 19.8 Å². The normalized spacial score (nSPS) is 16.3. The van der Waals surface area contributed by atoms with E-state index in [0.29, 0.717) is 43.4 Å². The van der Waals surface area contributed by atoms with Crippen LogP contribution in [0.25, 0.3) is 10.8 Å². The van der Waals surface area contributed by atoms with Crippen LogP contribution in [0, 0.1) is 18.8 Å². The summed E-state index contributed by atoms with van der Waals surface area (Å²) < 4.78 is 10.9. The van der Waals surface area contributed by atoms with Crippen molar-refractivity contribution in [1.29, 1.82) is 0 Å². The molecule has 2 aromatic heterocycles. The third-order valence-corrected chi connectivity index (χ3v) is 5.48. The number of carbonyl (C=O) groups is 2. The lowest BCUT2D eigenvalue weighted by atomic mass is 9.86. The molecule has 0 spiro atoms. The van der Waals surface area contributed by atoms with Gasteiger partial charge in [0.05, 0.1) is 22.9 Å². The lowest BCUT2D eigenvalue weighted by molar-refractivity contribution is -0.144. The number of amides is 1. The number of nitrogens with zero attached hydrogens (tertiary/aromatic N) is 1. The van der Waals surface area contributed by atoms with E-state index < -0.39 is 11.9 Å². The molecule has 1 unspecified atom stereocenters. The summed E-state index contributed by atoms with van der Waals surface area (Å²) in [6.45, 7) is 3.04. The Morgan fingerprint density at radius 2 is 2.19 bits per heavy atom. The average molecular weight is 378 g/mol. The number of carboxylic acid groups (broad SMARTS) is 1. The predicted molar refractivity (Wildman–Crippen MR) is 95.9 cm³/mol. The van der Waals surface area contributed by atoms with Crippen molar-refractivity contribution in [1.82, 2.24) is 10.3 Å². The Morgan fingerprint density at radius 3 is 2.85 bits per heavy atom. The molecule has 0 radical (unpaired) electrons. The van der Waals surface area contributed by atoms with E-state index in [2.05, 4.69) is 10.3 Å². The van der Waals surface area contributed by atoms with Gasteiger partial charge >= 0.3 is 5.97 Å². The molecule has 0 saturated carbocycles. The highest BCUT2D eigenvalue weighted by atomic mass is 32.1. The van der Waals surface area contributed by atoms with Crippen LogP contribution in [0.5, 0.6) is 0 Å². The van der Waals surface area contributed by atoms with Crippen LogP contribution >= 0.6 is 11.3 Å². The fraction of sp³-hybridized carbons (Fsp3) is 0.500. The van der Waals surface area contributed by atoms with Gasteiger partial charge < -0.3 is 19.6 Å². The molecular formula is C18H22N2O5S. The first-order valence-corrected chi connectivity index (χ1v) is 9.50. The Kier molecular flexibility index (Phi) is 6.05. The number of aliphatic carboxylic acids is 1. The van der Waals surface area contributed by atoms with Crippen LogP contribution in [0.15, 0.2) is 21.9 Å². The van der Waals surface area contributed by atoms with Gasteiger partial charge in [0.15, 0.2) is 0 Å². The molecule has 2 aromatic rings. The Balaban J connectivity index is 1.57. The highest BCUT2D eigenvalue weighted by Gasteiger charge is 2.30. The molecule has 1 aliphatic rings. The van der Waals surface area contributed by atoms with E-state index in [1.165, 1.54) is 11.3 Å². The van der Waals surface area contributed by atoms with Gasteiger partial charge in [0.2, 0.25) is 11.8 Å². The Morgan fingerprint density at radius 1 is 1.42 bits per heavy atom. The number of ether oxygens (including phenoxy) is 1. The second-order valence-corrected chi connectivity index (χ2v) is 7.32. The van der Waals surface area contributed by atoms with Crippen LogP contribution in [-0.2, 0) is 20.7 Å². The number of carboxylic acids is 1. The number of aromatic nitrogens is 1. The zero-order chi connectivity index (χ0) is 18.5. The standard InChI is InChI=1S/C18H22N2O5S/c1-11-14(20-17(25-11)15-3-2-8-26-15)9-16(21)19-10-13(18(22)23)12-4-6-24-7-5-12/h2-3,8,12-13H,4-7,9-10H2,1H3,(H,19,21)(H,22,23). The molecule has 26 heavy (non-hydrogen) atoms. The largest absolute Gasteiger partial charge is 0.481 e. The molecule has 3 rings (SSSR count). The summed E-state index contributed by atoms with van der Waals surface area (Å²) in [4.78, 5) is 29.1. The smallest absolute Gasteiger partial charge is 0.308 e. The molecule has 140 valence electrons. The fourth-order valence-electron chi connectivity index (χ4n) is 3.11. The number of carbonyl (C=O) groups excluding carboxylic acids is 1. The van der Waals surface area contributed by atoms with Gasteiger partial charge in [-0.3, -0.25) is 9.59 Å². The first kappa shape index (κ1) is 18.6.